The van der Waals surface area contributed by atoms with Crippen molar-refractivity contribution < 1.29 is 17.9 Å². The molecule has 7 heteroatoms. The molecule has 2 rings (SSSR count). The van der Waals surface area contributed by atoms with Crippen molar-refractivity contribution in [1.82, 2.24) is 4.98 Å². The molecule has 1 aliphatic rings. The SMILES string of the molecule is CCOC(=O)c1sc(C2(S(C)(=O)=O)CC2)nc1CC. The first-order valence-corrected chi connectivity index (χ1v) is 8.93. The lowest BCUT2D eigenvalue weighted by molar-refractivity contribution is 0.0530. The minimum atomic E-state index is -3.20. The molecule has 19 heavy (non-hydrogen) atoms. The highest BCUT2D eigenvalue weighted by Crippen LogP contribution is 2.53. The van der Waals surface area contributed by atoms with E-state index < -0.39 is 20.6 Å². The largest absolute Gasteiger partial charge is 0.462 e. The topological polar surface area (TPSA) is 73.3 Å². The summed E-state index contributed by atoms with van der Waals surface area (Å²) in [5.41, 5.74) is 0.633. The number of nitrogens with zero attached hydrogens (tertiary/aromatic N) is 1. The highest BCUT2D eigenvalue weighted by molar-refractivity contribution is 7.92. The Hall–Kier alpha value is -0.950. The zero-order valence-corrected chi connectivity index (χ0v) is 12.9. The molecule has 1 saturated carbocycles. The molecule has 0 saturated heterocycles. The van der Waals surface area contributed by atoms with E-state index in [1.165, 1.54) is 6.26 Å². The van der Waals surface area contributed by atoms with Gasteiger partial charge in [0.05, 0.1) is 12.3 Å². The molecule has 1 aromatic heterocycles. The fourth-order valence-corrected chi connectivity index (χ4v) is 4.97. The summed E-state index contributed by atoms with van der Waals surface area (Å²) < 4.78 is 27.9. The van der Waals surface area contributed by atoms with Gasteiger partial charge in [-0.1, -0.05) is 6.92 Å². The van der Waals surface area contributed by atoms with Crippen LogP contribution in [0.25, 0.3) is 0 Å². The highest BCUT2D eigenvalue weighted by atomic mass is 32.2. The molecule has 0 spiro atoms. The number of carbonyl (C=O) groups excluding carboxylic acids is 1. The second-order valence-corrected chi connectivity index (χ2v) is 7.96. The zero-order valence-electron chi connectivity index (χ0n) is 11.2. The van der Waals surface area contributed by atoms with E-state index in [-0.39, 0.29) is 0 Å². The molecule has 0 radical (unpaired) electrons. The second kappa shape index (κ2) is 4.86. The molecule has 0 bridgehead atoms. The van der Waals surface area contributed by atoms with Crippen LogP contribution in [0.1, 0.15) is 47.1 Å². The van der Waals surface area contributed by atoms with Crippen LogP contribution < -0.4 is 0 Å². The Bertz CT molecular complexity index is 599. The van der Waals surface area contributed by atoms with Gasteiger partial charge in [0.15, 0.2) is 9.84 Å². The molecular formula is C12H17NO4S2. The number of thiazole rings is 1. The van der Waals surface area contributed by atoms with E-state index in [9.17, 15) is 13.2 Å². The minimum Gasteiger partial charge on any atom is -0.462 e. The molecule has 1 fully saturated rings. The Morgan fingerprint density at radius 3 is 2.47 bits per heavy atom. The lowest BCUT2D eigenvalue weighted by Crippen LogP contribution is -2.19. The van der Waals surface area contributed by atoms with Crippen molar-refractivity contribution >= 4 is 27.1 Å². The van der Waals surface area contributed by atoms with Crippen LogP contribution >= 0.6 is 11.3 Å². The third kappa shape index (κ3) is 2.41. The Labute approximate surface area is 116 Å². The van der Waals surface area contributed by atoms with E-state index in [1.54, 1.807) is 6.92 Å². The van der Waals surface area contributed by atoms with Gasteiger partial charge in [-0.05, 0) is 26.2 Å². The lowest BCUT2D eigenvalue weighted by atomic mass is 10.3. The summed E-state index contributed by atoms with van der Waals surface area (Å²) in [5.74, 6) is -0.410. The molecule has 0 N–H and O–H groups in total. The van der Waals surface area contributed by atoms with E-state index in [4.69, 9.17) is 4.74 Å². The summed E-state index contributed by atoms with van der Waals surface area (Å²) in [6, 6.07) is 0. The van der Waals surface area contributed by atoms with Crippen LogP contribution in [-0.2, 0) is 25.7 Å². The van der Waals surface area contributed by atoms with E-state index >= 15 is 0 Å². The number of esters is 1. The van der Waals surface area contributed by atoms with Crippen LogP contribution in [0.15, 0.2) is 0 Å². The third-order valence-electron chi connectivity index (χ3n) is 3.30. The quantitative estimate of drug-likeness (QED) is 0.777. The van der Waals surface area contributed by atoms with Gasteiger partial charge in [0.25, 0.3) is 0 Å². The van der Waals surface area contributed by atoms with Crippen molar-refractivity contribution in [3.63, 3.8) is 0 Å². The van der Waals surface area contributed by atoms with Gasteiger partial charge in [0, 0.05) is 6.26 Å². The maximum Gasteiger partial charge on any atom is 0.350 e. The van der Waals surface area contributed by atoms with Crippen LogP contribution in [0.5, 0.6) is 0 Å². The number of ether oxygens (including phenoxy) is 1. The fourth-order valence-electron chi connectivity index (χ4n) is 2.00. The Balaban J connectivity index is 2.43. The Morgan fingerprint density at radius 2 is 2.05 bits per heavy atom. The van der Waals surface area contributed by atoms with Gasteiger partial charge < -0.3 is 4.74 Å². The first kappa shape index (κ1) is 14.5. The van der Waals surface area contributed by atoms with Crippen LogP contribution in [0.4, 0.5) is 0 Å². The molecule has 0 aliphatic heterocycles. The monoisotopic (exact) mass is 303 g/mol. The first-order chi connectivity index (χ1) is 8.85. The van der Waals surface area contributed by atoms with Crippen LogP contribution in [0, 0.1) is 0 Å². The molecule has 1 heterocycles. The normalized spacial score (nSPS) is 17.2. The van der Waals surface area contributed by atoms with Crippen LogP contribution in [0.2, 0.25) is 0 Å². The molecule has 0 aromatic carbocycles. The zero-order chi connectivity index (χ0) is 14.3. The second-order valence-electron chi connectivity index (χ2n) is 4.64. The Kier molecular flexibility index (Phi) is 3.70. The van der Waals surface area contributed by atoms with Gasteiger partial charge in [-0.25, -0.2) is 18.2 Å². The van der Waals surface area contributed by atoms with Gasteiger partial charge in [-0.2, -0.15) is 0 Å². The van der Waals surface area contributed by atoms with E-state index in [0.29, 0.717) is 41.4 Å². The first-order valence-electron chi connectivity index (χ1n) is 6.22. The molecule has 0 atom stereocenters. The lowest BCUT2D eigenvalue weighted by Gasteiger charge is -2.08. The van der Waals surface area contributed by atoms with Gasteiger partial charge in [0.1, 0.15) is 14.6 Å². The third-order valence-corrected chi connectivity index (χ3v) is 6.73. The van der Waals surface area contributed by atoms with Gasteiger partial charge >= 0.3 is 5.97 Å². The predicted octanol–water partition coefficient (Wildman–Crippen LogP) is 1.92. The molecule has 0 unspecified atom stereocenters. The molecule has 0 amide bonds. The van der Waals surface area contributed by atoms with Crippen molar-refractivity contribution in [2.45, 2.75) is 37.9 Å². The van der Waals surface area contributed by atoms with Gasteiger partial charge in [-0.3, -0.25) is 0 Å². The Morgan fingerprint density at radius 1 is 1.42 bits per heavy atom. The molecule has 106 valence electrons. The average molecular weight is 303 g/mol. The van der Waals surface area contributed by atoms with Crippen LogP contribution in [-0.4, -0.2) is 32.2 Å². The summed E-state index contributed by atoms with van der Waals surface area (Å²) in [5, 5.41) is 0.537. The summed E-state index contributed by atoms with van der Waals surface area (Å²) in [7, 11) is -3.20. The number of aryl methyl sites for hydroxylation is 1. The highest BCUT2D eigenvalue weighted by Gasteiger charge is 2.56. The predicted molar refractivity (Wildman–Crippen MR) is 73.2 cm³/mol. The van der Waals surface area contributed by atoms with Crippen molar-refractivity contribution in [3.8, 4) is 0 Å². The molecular weight excluding hydrogens is 286 g/mol. The smallest absolute Gasteiger partial charge is 0.350 e. The van der Waals surface area contributed by atoms with Crippen molar-refractivity contribution in [2.75, 3.05) is 12.9 Å². The number of aromatic nitrogens is 1. The molecule has 1 aliphatic carbocycles. The van der Waals surface area contributed by atoms with Crippen molar-refractivity contribution in [2.24, 2.45) is 0 Å². The van der Waals surface area contributed by atoms with Crippen LogP contribution in [0.3, 0.4) is 0 Å². The minimum absolute atomic E-state index is 0.298. The summed E-state index contributed by atoms with van der Waals surface area (Å²) in [6.07, 6.45) is 3.00. The summed E-state index contributed by atoms with van der Waals surface area (Å²) in [4.78, 5) is 16.6. The maximum atomic E-state index is 11.9. The number of hydrogen-bond donors (Lipinski definition) is 0. The standard InChI is InChI=1S/C12H17NO4S2/c1-4-8-9(10(14)17-5-2)18-11(13-8)12(6-7-12)19(3,15)16/h4-7H2,1-3H3. The number of carbonyl (C=O) groups is 1. The van der Waals surface area contributed by atoms with E-state index in [0.717, 1.165) is 11.3 Å². The summed E-state index contributed by atoms with van der Waals surface area (Å²) in [6.45, 7) is 3.93. The fraction of sp³-hybridized carbons (Fsp3) is 0.667. The van der Waals surface area contributed by atoms with Crippen molar-refractivity contribution in [1.29, 1.82) is 0 Å². The average Bonchev–Trinajstić information content (AvgIpc) is 3.03. The van der Waals surface area contributed by atoms with Gasteiger partial charge in [0.2, 0.25) is 0 Å². The van der Waals surface area contributed by atoms with E-state index in [1.807, 2.05) is 6.92 Å². The number of hydrogen-bond acceptors (Lipinski definition) is 6. The van der Waals surface area contributed by atoms with Crippen molar-refractivity contribution in [3.05, 3.63) is 15.6 Å². The molecule has 5 nitrogen and oxygen atoms in total. The summed E-state index contributed by atoms with van der Waals surface area (Å²) >= 11 is 1.16. The number of rotatable bonds is 5. The molecule has 1 aromatic rings. The number of sulfone groups is 1. The van der Waals surface area contributed by atoms with E-state index in [2.05, 4.69) is 4.98 Å². The van der Waals surface area contributed by atoms with Gasteiger partial charge in [-0.15, -0.1) is 11.3 Å². The maximum absolute atomic E-state index is 11.9.